The van der Waals surface area contributed by atoms with Crippen LogP contribution in [0.25, 0.3) is 21.8 Å². The molecule has 44 heavy (non-hydrogen) atoms. The number of aromatic nitrogens is 2. The maximum Gasteiger partial charge on any atom is 0.326 e. The highest BCUT2D eigenvalue weighted by Gasteiger charge is 2.31. The molecule has 0 aliphatic rings. The van der Waals surface area contributed by atoms with E-state index in [1.807, 2.05) is 48.5 Å². The number of carbonyl (C=O) groups is 5. The van der Waals surface area contributed by atoms with E-state index in [0.717, 1.165) is 32.9 Å². The van der Waals surface area contributed by atoms with Crippen LogP contribution >= 0.6 is 12.6 Å². The molecule has 4 aromatic rings. The molecule has 2 aromatic heterocycles. The number of hydrogen-bond acceptors (Lipinski definition) is 7. The summed E-state index contributed by atoms with van der Waals surface area (Å²) in [4.78, 5) is 68.5. The highest BCUT2D eigenvalue weighted by atomic mass is 32.1. The van der Waals surface area contributed by atoms with Gasteiger partial charge in [-0.05, 0) is 36.1 Å². The maximum absolute atomic E-state index is 13.6. The van der Waals surface area contributed by atoms with E-state index in [4.69, 9.17) is 10.8 Å². The minimum atomic E-state index is -1.48. The third kappa shape index (κ3) is 7.96. The van der Waals surface area contributed by atoms with Gasteiger partial charge in [0.15, 0.2) is 0 Å². The molecular weight excluding hydrogens is 588 g/mol. The fraction of sp³-hybridized carbons (Fsp3) is 0.300. The summed E-state index contributed by atoms with van der Waals surface area (Å²) in [5.74, 6) is -4.99. The van der Waals surface area contributed by atoms with E-state index < -0.39 is 60.2 Å². The van der Waals surface area contributed by atoms with Gasteiger partial charge >= 0.3 is 11.9 Å². The molecule has 0 aliphatic carbocycles. The maximum atomic E-state index is 13.6. The molecule has 2 aromatic carbocycles. The number of carboxylic acids is 2. The molecule has 14 heteroatoms. The van der Waals surface area contributed by atoms with Crippen LogP contribution in [0.3, 0.4) is 0 Å². The summed E-state index contributed by atoms with van der Waals surface area (Å²) in [5.41, 5.74) is 9.58. The number of carbonyl (C=O) groups excluding carboxylic acids is 3. The van der Waals surface area contributed by atoms with Crippen molar-refractivity contribution in [3.05, 3.63) is 72.1 Å². The first-order valence-corrected chi connectivity index (χ1v) is 14.5. The van der Waals surface area contributed by atoms with Crippen molar-refractivity contribution >= 4 is 64.1 Å². The third-order valence-corrected chi connectivity index (χ3v) is 7.63. The van der Waals surface area contributed by atoms with Crippen LogP contribution in [0.1, 0.15) is 24.0 Å². The number of carboxylic acid groups (broad SMARTS) is 2. The van der Waals surface area contributed by atoms with Gasteiger partial charge < -0.3 is 41.9 Å². The third-order valence-electron chi connectivity index (χ3n) is 7.26. The second-order valence-corrected chi connectivity index (χ2v) is 10.7. The summed E-state index contributed by atoms with van der Waals surface area (Å²) in [6.45, 7) is 0. The molecule has 4 rings (SSSR count). The first-order chi connectivity index (χ1) is 21.1. The van der Waals surface area contributed by atoms with Gasteiger partial charge in [0.2, 0.25) is 17.7 Å². The second-order valence-electron chi connectivity index (χ2n) is 10.4. The number of amides is 3. The Morgan fingerprint density at radius 1 is 0.727 bits per heavy atom. The molecule has 0 fully saturated rings. The summed E-state index contributed by atoms with van der Waals surface area (Å²) in [6, 6.07) is 10.1. The lowest BCUT2D eigenvalue weighted by Crippen LogP contribution is -2.58. The Morgan fingerprint density at radius 2 is 1.23 bits per heavy atom. The molecule has 0 spiro atoms. The van der Waals surface area contributed by atoms with Gasteiger partial charge in [-0.1, -0.05) is 36.4 Å². The second kappa shape index (κ2) is 14.6. The van der Waals surface area contributed by atoms with Crippen LogP contribution < -0.4 is 21.7 Å². The highest BCUT2D eigenvalue weighted by molar-refractivity contribution is 7.80. The molecule has 4 unspecified atom stereocenters. The molecular formula is C30H34N6O7S. The van der Waals surface area contributed by atoms with E-state index in [-0.39, 0.29) is 25.0 Å². The first kappa shape index (κ1) is 32.1. The van der Waals surface area contributed by atoms with Gasteiger partial charge in [-0.25, -0.2) is 4.79 Å². The monoisotopic (exact) mass is 622 g/mol. The first-order valence-electron chi connectivity index (χ1n) is 13.9. The predicted molar refractivity (Wildman–Crippen MR) is 166 cm³/mol. The van der Waals surface area contributed by atoms with Crippen LogP contribution in [0.2, 0.25) is 0 Å². The Morgan fingerprint density at radius 3 is 1.77 bits per heavy atom. The Balaban J connectivity index is 1.50. The molecule has 0 bridgehead atoms. The van der Waals surface area contributed by atoms with Crippen LogP contribution in [-0.2, 0) is 36.8 Å². The van der Waals surface area contributed by atoms with Crippen LogP contribution in [0.5, 0.6) is 0 Å². The van der Waals surface area contributed by atoms with Crippen molar-refractivity contribution in [2.24, 2.45) is 5.73 Å². The zero-order chi connectivity index (χ0) is 31.8. The molecule has 4 atom stereocenters. The van der Waals surface area contributed by atoms with Crippen molar-refractivity contribution in [1.82, 2.24) is 25.9 Å². The number of aromatic amines is 2. The van der Waals surface area contributed by atoms with Crippen molar-refractivity contribution in [3.63, 3.8) is 0 Å². The van der Waals surface area contributed by atoms with E-state index in [0.29, 0.717) is 0 Å². The molecule has 0 saturated carbocycles. The number of rotatable bonds is 15. The van der Waals surface area contributed by atoms with Gasteiger partial charge in [0.05, 0.1) is 6.04 Å². The van der Waals surface area contributed by atoms with E-state index in [1.165, 1.54) is 0 Å². The Labute approximate surface area is 257 Å². The molecule has 3 amide bonds. The van der Waals surface area contributed by atoms with Crippen molar-refractivity contribution in [2.45, 2.75) is 49.9 Å². The van der Waals surface area contributed by atoms with Gasteiger partial charge in [-0.2, -0.15) is 12.6 Å². The molecule has 2 heterocycles. The average Bonchev–Trinajstić information content (AvgIpc) is 3.61. The molecule has 232 valence electrons. The highest BCUT2D eigenvalue weighted by Crippen LogP contribution is 2.21. The summed E-state index contributed by atoms with van der Waals surface area (Å²) in [5, 5.41) is 27.6. The van der Waals surface area contributed by atoms with E-state index >= 15 is 0 Å². The lowest BCUT2D eigenvalue weighted by molar-refractivity contribution is -0.143. The van der Waals surface area contributed by atoms with Crippen LogP contribution in [-0.4, -0.2) is 79.8 Å². The normalized spacial score (nSPS) is 14.0. The largest absolute Gasteiger partial charge is 0.481 e. The molecule has 9 N–H and O–H groups in total. The van der Waals surface area contributed by atoms with Crippen molar-refractivity contribution < 1.29 is 34.2 Å². The quantitative estimate of drug-likeness (QED) is 0.0872. The Hall–Kier alpha value is -4.82. The molecule has 0 radical (unpaired) electrons. The SMILES string of the molecule is NC(Cc1c[nH]c2ccccc12)C(=O)NC(Cc1c[nH]c2ccccc12)C(=O)NC(CS)C(=O)NC(CCC(=O)O)C(=O)O. The molecule has 13 nitrogen and oxygen atoms in total. The van der Waals surface area contributed by atoms with Gasteiger partial charge in [0.1, 0.15) is 18.1 Å². The minimum Gasteiger partial charge on any atom is -0.481 e. The van der Waals surface area contributed by atoms with Crippen LogP contribution in [0.4, 0.5) is 0 Å². The number of thiol groups is 1. The average molecular weight is 623 g/mol. The van der Waals surface area contributed by atoms with Crippen molar-refractivity contribution in [2.75, 3.05) is 5.75 Å². The molecule has 0 saturated heterocycles. The number of hydrogen-bond donors (Lipinski definition) is 9. The summed E-state index contributed by atoms with van der Waals surface area (Å²) in [7, 11) is 0. The number of H-pyrrole nitrogens is 2. The number of nitrogens with two attached hydrogens (primary N) is 1. The zero-order valence-electron chi connectivity index (χ0n) is 23.6. The molecule has 0 aliphatic heterocycles. The van der Waals surface area contributed by atoms with Gasteiger partial charge in [0.25, 0.3) is 0 Å². The van der Waals surface area contributed by atoms with Gasteiger partial charge in [-0.15, -0.1) is 0 Å². The summed E-state index contributed by atoms with van der Waals surface area (Å²) in [6.07, 6.45) is 2.94. The summed E-state index contributed by atoms with van der Waals surface area (Å²) >= 11 is 4.14. The van der Waals surface area contributed by atoms with Gasteiger partial charge in [-0.3, -0.25) is 19.2 Å². The van der Waals surface area contributed by atoms with E-state index in [1.54, 1.807) is 12.4 Å². The number of benzene rings is 2. The van der Waals surface area contributed by atoms with Gasteiger partial charge in [0, 0.05) is 52.8 Å². The topological polar surface area (TPSA) is 219 Å². The smallest absolute Gasteiger partial charge is 0.326 e. The van der Waals surface area contributed by atoms with E-state index in [2.05, 4.69) is 38.5 Å². The lowest BCUT2D eigenvalue weighted by Gasteiger charge is -2.24. The number of aliphatic carboxylic acids is 2. The number of para-hydroxylation sites is 2. The fourth-order valence-electron chi connectivity index (χ4n) is 4.90. The minimum absolute atomic E-state index is 0.0542. The number of fused-ring (bicyclic) bond motifs is 2. The zero-order valence-corrected chi connectivity index (χ0v) is 24.5. The van der Waals surface area contributed by atoms with E-state index in [9.17, 15) is 29.1 Å². The van der Waals surface area contributed by atoms with Crippen LogP contribution in [0, 0.1) is 0 Å². The summed E-state index contributed by atoms with van der Waals surface area (Å²) < 4.78 is 0. The fourth-order valence-corrected chi connectivity index (χ4v) is 5.16. The lowest BCUT2D eigenvalue weighted by atomic mass is 10.0. The standard InChI is InChI=1S/C30H34N6O7S/c31-20(11-16-13-32-21-7-3-1-5-18(16)21)27(39)35-24(12-17-14-33-22-8-4-2-6-19(17)22)28(40)36-25(15-44)29(41)34-23(30(42)43)9-10-26(37)38/h1-8,13-14,20,23-25,32-33,44H,9-12,15,31H2,(H,34,41)(H,35,39)(H,36,40)(H,37,38)(H,42,43). The Kier molecular flexibility index (Phi) is 10.6. The van der Waals surface area contributed by atoms with Crippen LogP contribution in [0.15, 0.2) is 60.9 Å². The number of nitrogens with one attached hydrogen (secondary N) is 5. The Bertz CT molecular complexity index is 1670. The van der Waals surface area contributed by atoms with Crippen molar-refractivity contribution in [3.8, 4) is 0 Å². The predicted octanol–water partition coefficient (Wildman–Crippen LogP) is 1.10. The van der Waals surface area contributed by atoms with Crippen molar-refractivity contribution in [1.29, 1.82) is 0 Å².